The van der Waals surface area contributed by atoms with E-state index in [1.54, 1.807) is 12.3 Å². The second kappa shape index (κ2) is 5.61. The Labute approximate surface area is 134 Å². The van der Waals surface area contributed by atoms with Crippen molar-refractivity contribution >= 4 is 23.3 Å². The van der Waals surface area contributed by atoms with E-state index in [0.717, 1.165) is 18.4 Å². The highest BCUT2D eigenvalue weighted by Gasteiger charge is 2.45. The van der Waals surface area contributed by atoms with Gasteiger partial charge in [-0.05, 0) is 24.5 Å². The van der Waals surface area contributed by atoms with Gasteiger partial charge >= 0.3 is 5.97 Å². The third-order valence-corrected chi connectivity index (χ3v) is 4.33. The molecule has 0 radical (unpaired) electrons. The summed E-state index contributed by atoms with van der Waals surface area (Å²) in [5, 5.41) is 0.536. The Kier molecular flexibility index (Phi) is 3.79. The van der Waals surface area contributed by atoms with Gasteiger partial charge in [-0.1, -0.05) is 35.9 Å². The van der Waals surface area contributed by atoms with E-state index in [0.29, 0.717) is 23.0 Å². The minimum Gasteiger partial charge on any atom is -0.465 e. The molecule has 1 fully saturated rings. The summed E-state index contributed by atoms with van der Waals surface area (Å²) >= 11 is 6.19. The molecule has 2 aromatic rings. The minimum absolute atomic E-state index is 0.0114. The van der Waals surface area contributed by atoms with Crippen LogP contribution in [0.3, 0.4) is 0 Å². The lowest BCUT2D eigenvalue weighted by Gasteiger charge is -2.16. The monoisotopic (exact) mass is 316 g/mol. The Balaban J connectivity index is 1.82. The summed E-state index contributed by atoms with van der Waals surface area (Å²) in [6.45, 7) is 1.89. The van der Waals surface area contributed by atoms with Gasteiger partial charge in [-0.25, -0.2) is 0 Å². The van der Waals surface area contributed by atoms with Crippen LogP contribution in [0.1, 0.15) is 25.3 Å². The molecule has 0 unspecified atom stereocenters. The number of nitrogens with zero attached hydrogens (tertiary/aromatic N) is 1. The summed E-state index contributed by atoms with van der Waals surface area (Å²) in [6, 6.07) is 9.79. The summed E-state index contributed by atoms with van der Waals surface area (Å²) < 4.78 is 5.18. The van der Waals surface area contributed by atoms with E-state index in [1.165, 1.54) is 12.5 Å². The van der Waals surface area contributed by atoms with Crippen LogP contribution in [0.2, 0.25) is 5.02 Å². The van der Waals surface area contributed by atoms with Gasteiger partial charge in [0.05, 0.1) is 22.6 Å². The van der Waals surface area contributed by atoms with Crippen molar-refractivity contribution in [2.45, 2.75) is 25.2 Å². The summed E-state index contributed by atoms with van der Waals surface area (Å²) in [5.74, 6) is -0.235. The van der Waals surface area contributed by atoms with Gasteiger partial charge in [-0.3, -0.25) is 9.78 Å². The highest BCUT2D eigenvalue weighted by Crippen LogP contribution is 2.48. The molecule has 4 nitrogen and oxygen atoms in total. The van der Waals surface area contributed by atoms with Gasteiger partial charge < -0.3 is 10.5 Å². The summed E-state index contributed by atoms with van der Waals surface area (Å²) in [7, 11) is 0. The van der Waals surface area contributed by atoms with Crippen LogP contribution in [-0.4, -0.2) is 17.6 Å². The van der Waals surface area contributed by atoms with Crippen LogP contribution < -0.4 is 5.73 Å². The predicted octanol–water partition coefficient (Wildman–Crippen LogP) is 3.58. The van der Waals surface area contributed by atoms with Gasteiger partial charge in [0.25, 0.3) is 0 Å². The van der Waals surface area contributed by atoms with E-state index < -0.39 is 0 Å². The second-order valence-electron chi connectivity index (χ2n) is 5.74. The maximum Gasteiger partial charge on any atom is 0.302 e. The lowest BCUT2D eigenvalue weighted by Crippen LogP contribution is -2.17. The molecule has 1 aromatic carbocycles. The Morgan fingerprint density at radius 1 is 1.36 bits per heavy atom. The number of esters is 1. The molecular formula is C17H17ClN2O2. The van der Waals surface area contributed by atoms with Crippen molar-refractivity contribution in [1.29, 1.82) is 0 Å². The van der Waals surface area contributed by atoms with Crippen molar-refractivity contribution in [3.63, 3.8) is 0 Å². The van der Waals surface area contributed by atoms with Crippen molar-refractivity contribution in [2.75, 3.05) is 12.3 Å². The molecule has 1 aliphatic rings. The predicted molar refractivity (Wildman–Crippen MR) is 86.6 cm³/mol. The van der Waals surface area contributed by atoms with Crippen molar-refractivity contribution in [1.82, 2.24) is 4.98 Å². The SMILES string of the molecule is CC(=O)OCC1(c2ccc(-c3ncc(N)cc3Cl)cc2)CC1. The number of benzene rings is 1. The van der Waals surface area contributed by atoms with E-state index in [2.05, 4.69) is 17.1 Å². The van der Waals surface area contributed by atoms with Gasteiger partial charge in [0, 0.05) is 17.9 Å². The fourth-order valence-corrected chi connectivity index (χ4v) is 2.84. The fraction of sp³-hybridized carbons (Fsp3) is 0.294. The number of halogens is 1. The Bertz CT molecular complexity index is 709. The van der Waals surface area contributed by atoms with Crippen LogP contribution in [0.15, 0.2) is 36.5 Å². The molecule has 0 saturated heterocycles. The van der Waals surface area contributed by atoms with E-state index in [9.17, 15) is 4.79 Å². The molecule has 1 aliphatic carbocycles. The lowest BCUT2D eigenvalue weighted by atomic mass is 9.95. The summed E-state index contributed by atoms with van der Waals surface area (Å²) in [6.07, 6.45) is 3.68. The molecule has 0 atom stereocenters. The number of aromatic nitrogens is 1. The van der Waals surface area contributed by atoms with Crippen LogP contribution in [0.5, 0.6) is 0 Å². The third-order valence-electron chi connectivity index (χ3n) is 4.04. The smallest absolute Gasteiger partial charge is 0.302 e. The summed E-state index contributed by atoms with van der Waals surface area (Å²) in [4.78, 5) is 15.3. The molecule has 0 spiro atoms. The van der Waals surface area contributed by atoms with Crippen LogP contribution in [0.25, 0.3) is 11.3 Å². The Morgan fingerprint density at radius 3 is 2.59 bits per heavy atom. The number of carbonyl (C=O) groups excluding carboxylic acids is 1. The molecule has 5 heteroatoms. The fourth-order valence-electron chi connectivity index (χ4n) is 2.55. The number of nitrogen functional groups attached to an aromatic ring is 1. The van der Waals surface area contributed by atoms with E-state index in [1.807, 2.05) is 12.1 Å². The molecule has 1 saturated carbocycles. The minimum atomic E-state index is -0.235. The summed E-state index contributed by atoms with van der Waals surface area (Å²) in [5.41, 5.74) is 9.04. The first-order valence-corrected chi connectivity index (χ1v) is 7.53. The topological polar surface area (TPSA) is 65.2 Å². The van der Waals surface area contributed by atoms with E-state index >= 15 is 0 Å². The Hall–Kier alpha value is -2.07. The van der Waals surface area contributed by atoms with Gasteiger partial charge in [0.15, 0.2) is 0 Å². The maximum absolute atomic E-state index is 11.0. The lowest BCUT2D eigenvalue weighted by molar-refractivity contribution is -0.141. The highest BCUT2D eigenvalue weighted by atomic mass is 35.5. The number of hydrogen-bond donors (Lipinski definition) is 1. The number of carbonyl (C=O) groups is 1. The highest BCUT2D eigenvalue weighted by molar-refractivity contribution is 6.33. The molecular weight excluding hydrogens is 300 g/mol. The largest absolute Gasteiger partial charge is 0.465 e. The van der Waals surface area contributed by atoms with Gasteiger partial charge in [0.1, 0.15) is 6.61 Å². The standard InChI is InChI=1S/C17H17ClN2O2/c1-11(21)22-10-17(6-7-17)13-4-2-12(3-5-13)16-15(18)8-14(19)9-20-16/h2-5,8-9H,6-7,10,19H2,1H3. The van der Waals surface area contributed by atoms with Gasteiger partial charge in [-0.15, -0.1) is 0 Å². The van der Waals surface area contributed by atoms with Gasteiger partial charge in [-0.2, -0.15) is 0 Å². The average molecular weight is 317 g/mol. The average Bonchev–Trinajstić information content (AvgIpc) is 3.27. The molecule has 0 amide bonds. The van der Waals surface area contributed by atoms with Crippen molar-refractivity contribution in [2.24, 2.45) is 0 Å². The van der Waals surface area contributed by atoms with Crippen LogP contribution in [0.4, 0.5) is 5.69 Å². The van der Waals surface area contributed by atoms with Crippen LogP contribution >= 0.6 is 11.6 Å². The number of ether oxygens (including phenoxy) is 1. The first kappa shape index (κ1) is 14.9. The van der Waals surface area contributed by atoms with E-state index in [-0.39, 0.29) is 11.4 Å². The zero-order chi connectivity index (χ0) is 15.7. The van der Waals surface area contributed by atoms with Crippen molar-refractivity contribution in [3.05, 3.63) is 47.1 Å². The number of pyridine rings is 1. The normalized spacial score (nSPS) is 15.4. The molecule has 22 heavy (non-hydrogen) atoms. The number of rotatable bonds is 4. The number of anilines is 1. The number of nitrogens with two attached hydrogens (primary N) is 1. The van der Waals surface area contributed by atoms with Crippen LogP contribution in [0, 0.1) is 0 Å². The molecule has 2 N–H and O–H groups in total. The quantitative estimate of drug-likeness (QED) is 0.876. The first-order valence-electron chi connectivity index (χ1n) is 7.15. The zero-order valence-electron chi connectivity index (χ0n) is 12.3. The molecule has 114 valence electrons. The van der Waals surface area contributed by atoms with Crippen molar-refractivity contribution < 1.29 is 9.53 Å². The van der Waals surface area contributed by atoms with Crippen molar-refractivity contribution in [3.8, 4) is 11.3 Å². The van der Waals surface area contributed by atoms with E-state index in [4.69, 9.17) is 22.1 Å². The maximum atomic E-state index is 11.0. The molecule has 0 bridgehead atoms. The molecule has 0 aliphatic heterocycles. The van der Waals surface area contributed by atoms with Crippen LogP contribution in [-0.2, 0) is 14.9 Å². The molecule has 3 rings (SSSR count). The third kappa shape index (κ3) is 2.92. The number of hydrogen-bond acceptors (Lipinski definition) is 4. The first-order chi connectivity index (χ1) is 10.5. The zero-order valence-corrected chi connectivity index (χ0v) is 13.1. The second-order valence-corrected chi connectivity index (χ2v) is 6.14. The Morgan fingerprint density at radius 2 is 2.05 bits per heavy atom. The molecule has 1 aromatic heterocycles. The molecule has 1 heterocycles. The van der Waals surface area contributed by atoms with Gasteiger partial charge in [0.2, 0.25) is 0 Å².